The molecule has 1 unspecified atom stereocenters. The SMILES string of the molecule is O=C(CC1NC(=O)NC1=O)NCc1ccco1. The van der Waals surface area contributed by atoms with E-state index in [1.807, 2.05) is 0 Å². The molecule has 1 atom stereocenters. The van der Waals surface area contributed by atoms with Gasteiger partial charge in [0.25, 0.3) is 5.91 Å². The van der Waals surface area contributed by atoms with Crippen molar-refractivity contribution in [1.29, 1.82) is 0 Å². The average Bonchev–Trinajstić information content (AvgIpc) is 2.87. The molecule has 90 valence electrons. The minimum atomic E-state index is -0.792. The lowest BCUT2D eigenvalue weighted by Gasteiger charge is -2.07. The van der Waals surface area contributed by atoms with E-state index in [4.69, 9.17) is 4.42 Å². The number of hydrogen-bond acceptors (Lipinski definition) is 4. The van der Waals surface area contributed by atoms with Gasteiger partial charge in [0.05, 0.1) is 19.2 Å². The van der Waals surface area contributed by atoms with Crippen molar-refractivity contribution >= 4 is 17.8 Å². The normalized spacial score (nSPS) is 18.7. The van der Waals surface area contributed by atoms with Crippen LogP contribution in [0.3, 0.4) is 0 Å². The van der Waals surface area contributed by atoms with Gasteiger partial charge in [0.2, 0.25) is 5.91 Å². The van der Waals surface area contributed by atoms with Gasteiger partial charge < -0.3 is 15.1 Å². The molecular formula is C10H11N3O4. The maximum Gasteiger partial charge on any atom is 0.322 e. The minimum Gasteiger partial charge on any atom is -0.467 e. The molecule has 4 amide bonds. The molecule has 7 heteroatoms. The first-order valence-electron chi connectivity index (χ1n) is 5.05. The van der Waals surface area contributed by atoms with Gasteiger partial charge in [0.15, 0.2) is 0 Å². The summed E-state index contributed by atoms with van der Waals surface area (Å²) in [6, 6.07) is 2.08. The number of urea groups is 1. The molecule has 0 saturated carbocycles. The summed E-state index contributed by atoms with van der Waals surface area (Å²) in [4.78, 5) is 33.4. The van der Waals surface area contributed by atoms with Crippen LogP contribution in [0.15, 0.2) is 22.8 Å². The lowest BCUT2D eigenvalue weighted by molar-refractivity contribution is -0.126. The molecule has 1 saturated heterocycles. The van der Waals surface area contributed by atoms with E-state index in [0.29, 0.717) is 5.76 Å². The molecular weight excluding hydrogens is 226 g/mol. The van der Waals surface area contributed by atoms with Gasteiger partial charge in [0, 0.05) is 0 Å². The van der Waals surface area contributed by atoms with E-state index in [-0.39, 0.29) is 18.9 Å². The molecule has 0 bridgehead atoms. The topological polar surface area (TPSA) is 100 Å². The predicted molar refractivity (Wildman–Crippen MR) is 55.6 cm³/mol. The highest BCUT2D eigenvalue weighted by atomic mass is 16.3. The highest BCUT2D eigenvalue weighted by Gasteiger charge is 2.31. The number of rotatable bonds is 4. The van der Waals surface area contributed by atoms with Crippen LogP contribution in [0.2, 0.25) is 0 Å². The minimum absolute atomic E-state index is 0.0850. The van der Waals surface area contributed by atoms with Crippen LogP contribution in [0, 0.1) is 0 Å². The maximum absolute atomic E-state index is 11.5. The summed E-state index contributed by atoms with van der Waals surface area (Å²) in [5, 5.41) is 6.98. The molecule has 1 aliphatic rings. The Morgan fingerprint density at radius 3 is 2.88 bits per heavy atom. The smallest absolute Gasteiger partial charge is 0.322 e. The van der Waals surface area contributed by atoms with Crippen molar-refractivity contribution in [3.05, 3.63) is 24.2 Å². The Balaban J connectivity index is 1.78. The number of carbonyl (C=O) groups excluding carboxylic acids is 3. The van der Waals surface area contributed by atoms with E-state index in [1.54, 1.807) is 12.1 Å². The summed E-state index contributed by atoms with van der Waals surface area (Å²) in [5.41, 5.74) is 0. The van der Waals surface area contributed by atoms with Crippen molar-refractivity contribution in [2.75, 3.05) is 0 Å². The predicted octanol–water partition coefficient (Wildman–Crippen LogP) is -0.506. The summed E-state index contributed by atoms with van der Waals surface area (Å²) in [7, 11) is 0. The molecule has 0 spiro atoms. The third-order valence-corrected chi connectivity index (χ3v) is 2.29. The van der Waals surface area contributed by atoms with Crippen LogP contribution in [0.25, 0.3) is 0 Å². The van der Waals surface area contributed by atoms with Crippen LogP contribution in [0.1, 0.15) is 12.2 Å². The van der Waals surface area contributed by atoms with E-state index in [2.05, 4.69) is 16.0 Å². The van der Waals surface area contributed by atoms with Crippen molar-refractivity contribution in [3.8, 4) is 0 Å². The number of carbonyl (C=O) groups is 3. The first-order valence-corrected chi connectivity index (χ1v) is 5.05. The molecule has 3 N–H and O–H groups in total. The summed E-state index contributed by atoms with van der Waals surface area (Å²) >= 11 is 0. The molecule has 1 aliphatic heterocycles. The Hall–Kier alpha value is -2.31. The monoisotopic (exact) mass is 237 g/mol. The number of imide groups is 1. The van der Waals surface area contributed by atoms with Gasteiger partial charge in [0.1, 0.15) is 11.8 Å². The van der Waals surface area contributed by atoms with Crippen LogP contribution < -0.4 is 16.0 Å². The second-order valence-corrected chi connectivity index (χ2v) is 3.58. The first kappa shape index (κ1) is 11.2. The Bertz CT molecular complexity index is 440. The quantitative estimate of drug-likeness (QED) is 0.614. The third-order valence-electron chi connectivity index (χ3n) is 2.29. The highest BCUT2D eigenvalue weighted by molar-refractivity contribution is 6.05. The summed E-state index contributed by atoms with van der Waals surface area (Å²) in [6.45, 7) is 0.258. The fraction of sp³-hybridized carbons (Fsp3) is 0.300. The summed E-state index contributed by atoms with van der Waals surface area (Å²) in [5.74, 6) is -0.190. The zero-order chi connectivity index (χ0) is 12.3. The number of amides is 4. The van der Waals surface area contributed by atoms with Crippen LogP contribution in [0.5, 0.6) is 0 Å². The molecule has 7 nitrogen and oxygen atoms in total. The van der Waals surface area contributed by atoms with Crippen molar-refractivity contribution in [2.45, 2.75) is 19.0 Å². The molecule has 2 heterocycles. The first-order chi connectivity index (χ1) is 8.15. The fourth-order valence-corrected chi connectivity index (χ4v) is 1.46. The van der Waals surface area contributed by atoms with Gasteiger partial charge in [-0.25, -0.2) is 4.79 Å². The number of hydrogen-bond donors (Lipinski definition) is 3. The maximum atomic E-state index is 11.5. The molecule has 0 radical (unpaired) electrons. The zero-order valence-corrected chi connectivity index (χ0v) is 8.86. The second kappa shape index (κ2) is 4.69. The number of furan rings is 1. The molecule has 1 fully saturated rings. The van der Waals surface area contributed by atoms with Gasteiger partial charge in [-0.3, -0.25) is 14.9 Å². The van der Waals surface area contributed by atoms with Gasteiger partial charge in [-0.2, -0.15) is 0 Å². The molecule has 1 aromatic heterocycles. The largest absolute Gasteiger partial charge is 0.467 e. The Kier molecular flexibility index (Phi) is 3.08. The van der Waals surface area contributed by atoms with Crippen LogP contribution >= 0.6 is 0 Å². The van der Waals surface area contributed by atoms with Crippen molar-refractivity contribution in [3.63, 3.8) is 0 Å². The Labute approximate surface area is 96.5 Å². The number of nitrogens with one attached hydrogen (secondary N) is 3. The van der Waals surface area contributed by atoms with Crippen molar-refractivity contribution < 1.29 is 18.8 Å². The van der Waals surface area contributed by atoms with Crippen molar-refractivity contribution in [1.82, 2.24) is 16.0 Å². The van der Waals surface area contributed by atoms with Gasteiger partial charge in [-0.15, -0.1) is 0 Å². The van der Waals surface area contributed by atoms with E-state index in [0.717, 1.165) is 0 Å². The Morgan fingerprint density at radius 1 is 1.47 bits per heavy atom. The van der Waals surface area contributed by atoms with Crippen LogP contribution in [0.4, 0.5) is 4.79 Å². The van der Waals surface area contributed by atoms with Gasteiger partial charge in [-0.1, -0.05) is 0 Å². The van der Waals surface area contributed by atoms with E-state index in [9.17, 15) is 14.4 Å². The standard InChI is InChI=1S/C10H11N3O4/c14-8(11-5-6-2-1-3-17-6)4-7-9(15)13-10(16)12-7/h1-3,7H,4-5H2,(H,11,14)(H2,12,13,15,16). The van der Waals surface area contributed by atoms with E-state index in [1.165, 1.54) is 6.26 Å². The van der Waals surface area contributed by atoms with E-state index >= 15 is 0 Å². The van der Waals surface area contributed by atoms with Gasteiger partial charge in [-0.05, 0) is 12.1 Å². The Morgan fingerprint density at radius 2 is 2.29 bits per heavy atom. The zero-order valence-electron chi connectivity index (χ0n) is 8.86. The molecule has 0 aliphatic carbocycles. The molecule has 17 heavy (non-hydrogen) atoms. The lowest BCUT2D eigenvalue weighted by Crippen LogP contribution is -2.35. The second-order valence-electron chi connectivity index (χ2n) is 3.58. The van der Waals surface area contributed by atoms with E-state index < -0.39 is 18.0 Å². The molecule has 2 rings (SSSR count). The lowest BCUT2D eigenvalue weighted by atomic mass is 10.2. The summed E-state index contributed by atoms with van der Waals surface area (Å²) in [6.07, 6.45) is 1.42. The van der Waals surface area contributed by atoms with Crippen LogP contribution in [-0.4, -0.2) is 23.9 Å². The molecule has 1 aromatic rings. The fourth-order valence-electron chi connectivity index (χ4n) is 1.46. The van der Waals surface area contributed by atoms with Crippen molar-refractivity contribution in [2.24, 2.45) is 0 Å². The van der Waals surface area contributed by atoms with Gasteiger partial charge >= 0.3 is 6.03 Å². The summed E-state index contributed by atoms with van der Waals surface area (Å²) < 4.78 is 5.03. The highest BCUT2D eigenvalue weighted by Crippen LogP contribution is 2.01. The third kappa shape index (κ3) is 2.83. The van der Waals surface area contributed by atoms with Crippen LogP contribution in [-0.2, 0) is 16.1 Å². The average molecular weight is 237 g/mol. The molecule has 0 aromatic carbocycles.